The van der Waals surface area contributed by atoms with Crippen molar-refractivity contribution in [1.82, 2.24) is 14.4 Å². The van der Waals surface area contributed by atoms with E-state index < -0.39 is 0 Å². The van der Waals surface area contributed by atoms with Gasteiger partial charge in [0.25, 0.3) is 5.91 Å². The molecule has 0 radical (unpaired) electrons. The summed E-state index contributed by atoms with van der Waals surface area (Å²) in [6, 6.07) is 8.16. The lowest BCUT2D eigenvalue weighted by Gasteiger charge is -2.34. The van der Waals surface area contributed by atoms with Gasteiger partial charge >= 0.3 is 0 Å². The SMILES string of the molecule is CC(C)Cn1cc(C(=O)N2CCN(CCO)CC2)c2ccccc21. The normalized spacial score (nSPS) is 16.2. The Morgan fingerprint density at radius 2 is 1.88 bits per heavy atom. The summed E-state index contributed by atoms with van der Waals surface area (Å²) >= 11 is 0. The Morgan fingerprint density at radius 1 is 1.17 bits per heavy atom. The Morgan fingerprint density at radius 3 is 2.54 bits per heavy atom. The zero-order valence-electron chi connectivity index (χ0n) is 14.6. The number of fused-ring (bicyclic) bond motifs is 1. The van der Waals surface area contributed by atoms with E-state index in [-0.39, 0.29) is 12.5 Å². The first-order valence-electron chi connectivity index (χ1n) is 8.80. The summed E-state index contributed by atoms with van der Waals surface area (Å²) in [5.74, 6) is 0.656. The highest BCUT2D eigenvalue weighted by atomic mass is 16.3. The predicted molar refractivity (Wildman–Crippen MR) is 96.2 cm³/mol. The van der Waals surface area contributed by atoms with Crippen LogP contribution >= 0.6 is 0 Å². The Hall–Kier alpha value is -1.85. The van der Waals surface area contributed by atoms with Gasteiger partial charge < -0.3 is 14.6 Å². The minimum absolute atomic E-state index is 0.123. The summed E-state index contributed by atoms with van der Waals surface area (Å²) in [7, 11) is 0. The Kier molecular flexibility index (Phi) is 5.21. The molecule has 0 saturated carbocycles. The van der Waals surface area contributed by atoms with Crippen molar-refractivity contribution in [2.75, 3.05) is 39.3 Å². The maximum atomic E-state index is 13.0. The van der Waals surface area contributed by atoms with Gasteiger partial charge in [-0.15, -0.1) is 0 Å². The van der Waals surface area contributed by atoms with E-state index >= 15 is 0 Å². The van der Waals surface area contributed by atoms with E-state index in [0.717, 1.165) is 49.2 Å². The number of aliphatic hydroxyl groups excluding tert-OH is 1. The van der Waals surface area contributed by atoms with Gasteiger partial charge in [0, 0.05) is 56.4 Å². The molecule has 5 nitrogen and oxygen atoms in total. The van der Waals surface area contributed by atoms with Crippen LogP contribution in [0.1, 0.15) is 24.2 Å². The number of amides is 1. The molecule has 1 fully saturated rings. The second-order valence-corrected chi connectivity index (χ2v) is 6.96. The molecule has 130 valence electrons. The lowest BCUT2D eigenvalue weighted by atomic mass is 10.1. The van der Waals surface area contributed by atoms with Crippen molar-refractivity contribution < 1.29 is 9.90 Å². The first-order valence-corrected chi connectivity index (χ1v) is 8.80. The van der Waals surface area contributed by atoms with Crippen LogP contribution in [0.5, 0.6) is 0 Å². The molecule has 1 saturated heterocycles. The second-order valence-electron chi connectivity index (χ2n) is 6.96. The molecule has 0 aliphatic carbocycles. The van der Waals surface area contributed by atoms with E-state index in [2.05, 4.69) is 29.4 Å². The fourth-order valence-corrected chi connectivity index (χ4v) is 3.45. The monoisotopic (exact) mass is 329 g/mol. The number of piperazine rings is 1. The molecule has 2 heterocycles. The van der Waals surface area contributed by atoms with Gasteiger partial charge in [0.05, 0.1) is 12.2 Å². The van der Waals surface area contributed by atoms with Crippen molar-refractivity contribution in [2.45, 2.75) is 20.4 Å². The highest BCUT2D eigenvalue weighted by Gasteiger charge is 2.24. The summed E-state index contributed by atoms with van der Waals surface area (Å²) in [4.78, 5) is 17.2. The first-order chi connectivity index (χ1) is 11.6. The zero-order chi connectivity index (χ0) is 17.1. The quantitative estimate of drug-likeness (QED) is 0.913. The van der Waals surface area contributed by atoms with Crippen LogP contribution < -0.4 is 0 Å². The highest BCUT2D eigenvalue weighted by Crippen LogP contribution is 2.24. The topological polar surface area (TPSA) is 48.7 Å². The molecule has 24 heavy (non-hydrogen) atoms. The molecule has 0 spiro atoms. The van der Waals surface area contributed by atoms with Crippen LogP contribution in [0.3, 0.4) is 0 Å². The van der Waals surface area contributed by atoms with E-state index in [1.165, 1.54) is 0 Å². The fourth-order valence-electron chi connectivity index (χ4n) is 3.45. The van der Waals surface area contributed by atoms with Crippen LogP contribution in [0.25, 0.3) is 10.9 Å². The fraction of sp³-hybridized carbons (Fsp3) is 0.526. The van der Waals surface area contributed by atoms with Gasteiger partial charge in [-0.05, 0) is 12.0 Å². The number of aliphatic hydroxyl groups is 1. The Balaban J connectivity index is 1.83. The molecule has 5 heteroatoms. The summed E-state index contributed by atoms with van der Waals surface area (Å²) in [6.07, 6.45) is 2.02. The molecule has 2 aromatic rings. The van der Waals surface area contributed by atoms with Crippen molar-refractivity contribution in [2.24, 2.45) is 5.92 Å². The van der Waals surface area contributed by atoms with Gasteiger partial charge in [0.15, 0.2) is 0 Å². The van der Waals surface area contributed by atoms with Crippen molar-refractivity contribution in [3.05, 3.63) is 36.0 Å². The minimum Gasteiger partial charge on any atom is -0.395 e. The smallest absolute Gasteiger partial charge is 0.256 e. The number of benzene rings is 1. The van der Waals surface area contributed by atoms with E-state index in [4.69, 9.17) is 5.11 Å². The average Bonchev–Trinajstić information content (AvgIpc) is 2.93. The molecule has 1 aliphatic heterocycles. The minimum atomic E-state index is 0.123. The van der Waals surface area contributed by atoms with Crippen LogP contribution in [0.15, 0.2) is 30.5 Å². The predicted octanol–water partition coefficient (Wildman–Crippen LogP) is 2.05. The number of carbonyl (C=O) groups excluding carboxylic acids is 1. The van der Waals surface area contributed by atoms with Gasteiger partial charge in [-0.3, -0.25) is 9.69 Å². The molecule has 1 aromatic carbocycles. The number of nitrogens with zero attached hydrogens (tertiary/aromatic N) is 3. The highest BCUT2D eigenvalue weighted by molar-refractivity contribution is 6.07. The van der Waals surface area contributed by atoms with Crippen molar-refractivity contribution >= 4 is 16.8 Å². The second kappa shape index (κ2) is 7.36. The number of hydrogen-bond donors (Lipinski definition) is 1. The summed E-state index contributed by atoms with van der Waals surface area (Å²) < 4.78 is 2.20. The first kappa shape index (κ1) is 17.0. The van der Waals surface area contributed by atoms with Crippen molar-refractivity contribution in [3.63, 3.8) is 0 Å². The van der Waals surface area contributed by atoms with Crippen molar-refractivity contribution in [1.29, 1.82) is 0 Å². The Labute approximate surface area is 143 Å². The van der Waals surface area contributed by atoms with Crippen LogP contribution in [0.4, 0.5) is 0 Å². The number of carbonyl (C=O) groups is 1. The van der Waals surface area contributed by atoms with Crippen LogP contribution in [0.2, 0.25) is 0 Å². The van der Waals surface area contributed by atoms with Gasteiger partial charge in [0.2, 0.25) is 0 Å². The third kappa shape index (κ3) is 3.47. The van der Waals surface area contributed by atoms with E-state index in [9.17, 15) is 4.79 Å². The van der Waals surface area contributed by atoms with Crippen LogP contribution in [-0.4, -0.2) is 64.7 Å². The Bertz CT molecular complexity index is 700. The van der Waals surface area contributed by atoms with Gasteiger partial charge in [0.1, 0.15) is 0 Å². The van der Waals surface area contributed by atoms with E-state index in [0.29, 0.717) is 12.5 Å². The molecular formula is C19H27N3O2. The molecule has 1 aliphatic rings. The van der Waals surface area contributed by atoms with Crippen LogP contribution in [0, 0.1) is 5.92 Å². The number of hydrogen-bond acceptors (Lipinski definition) is 3. The zero-order valence-corrected chi connectivity index (χ0v) is 14.6. The van der Waals surface area contributed by atoms with E-state index in [1.807, 2.05) is 29.3 Å². The lowest BCUT2D eigenvalue weighted by Crippen LogP contribution is -2.49. The maximum absolute atomic E-state index is 13.0. The van der Waals surface area contributed by atoms with Gasteiger partial charge in [-0.25, -0.2) is 0 Å². The standard InChI is InChI=1S/C19H27N3O2/c1-15(2)13-22-14-17(16-5-3-4-6-18(16)22)19(24)21-9-7-20(8-10-21)11-12-23/h3-6,14-15,23H,7-13H2,1-2H3. The number of rotatable bonds is 5. The largest absolute Gasteiger partial charge is 0.395 e. The van der Waals surface area contributed by atoms with Crippen LogP contribution in [-0.2, 0) is 6.54 Å². The molecule has 0 atom stereocenters. The number of para-hydroxylation sites is 1. The summed E-state index contributed by atoms with van der Waals surface area (Å²) in [6.45, 7) is 9.27. The third-order valence-electron chi connectivity index (χ3n) is 4.66. The third-order valence-corrected chi connectivity index (χ3v) is 4.66. The number of aromatic nitrogens is 1. The molecular weight excluding hydrogens is 302 g/mol. The average molecular weight is 329 g/mol. The molecule has 1 aromatic heterocycles. The lowest BCUT2D eigenvalue weighted by molar-refractivity contribution is 0.0616. The molecule has 0 bridgehead atoms. The van der Waals surface area contributed by atoms with E-state index in [1.54, 1.807) is 0 Å². The summed E-state index contributed by atoms with van der Waals surface area (Å²) in [5.41, 5.74) is 1.94. The maximum Gasteiger partial charge on any atom is 0.256 e. The molecule has 3 rings (SSSR count). The summed E-state index contributed by atoms with van der Waals surface area (Å²) in [5, 5.41) is 10.1. The number of β-amino-alcohol motifs (C(OH)–C–C–N with tert-alkyl or cyclic N) is 1. The molecule has 0 unspecified atom stereocenters. The molecule has 1 amide bonds. The molecule has 1 N–H and O–H groups in total. The van der Waals surface area contributed by atoms with Gasteiger partial charge in [-0.1, -0.05) is 32.0 Å². The van der Waals surface area contributed by atoms with Gasteiger partial charge in [-0.2, -0.15) is 0 Å². The van der Waals surface area contributed by atoms with Crippen molar-refractivity contribution in [3.8, 4) is 0 Å².